The summed E-state index contributed by atoms with van der Waals surface area (Å²) in [6.07, 6.45) is -12.3. The number of anilines is 1. The minimum absolute atomic E-state index is 0. The number of H-pyrrole nitrogens is 1. The number of aromatic nitrogens is 4. The Morgan fingerprint density at radius 2 is 1.63 bits per heavy atom. The number of aromatic amines is 1. The maximum atomic E-state index is 12.6. The number of imide groups is 1. The molecule has 0 spiro atoms. The van der Waals surface area contributed by atoms with Crippen molar-refractivity contribution in [1.29, 1.82) is 0 Å². The number of hydrogen-bond acceptors (Lipinski definition) is 21. The quantitative estimate of drug-likeness (QED) is 0.0562. The fraction of sp³-hybridized carbons (Fsp3) is 0.545. The van der Waals surface area contributed by atoms with Gasteiger partial charge in [0.05, 0.1) is 19.5 Å². The van der Waals surface area contributed by atoms with Crippen LogP contribution in [0.4, 0.5) is 5.95 Å². The predicted molar refractivity (Wildman–Crippen MR) is 147 cm³/mol. The summed E-state index contributed by atoms with van der Waals surface area (Å²) in [5.41, 5.74) is 4.41. The van der Waals surface area contributed by atoms with Crippen LogP contribution in [0.2, 0.25) is 0 Å². The van der Waals surface area contributed by atoms with E-state index in [1.165, 1.54) is 0 Å². The Morgan fingerprint density at radius 1 is 1.00 bits per heavy atom. The van der Waals surface area contributed by atoms with E-state index in [4.69, 9.17) is 15.2 Å². The maximum absolute atomic E-state index is 12.6. The molecule has 0 bridgehead atoms. The van der Waals surface area contributed by atoms with E-state index in [1.54, 1.807) is 0 Å². The van der Waals surface area contributed by atoms with E-state index < -0.39 is 114 Å². The minimum atomic E-state index is -6.12. The fourth-order valence-corrected chi connectivity index (χ4v) is 7.06. The Morgan fingerprint density at radius 3 is 2.25 bits per heavy atom. The molecule has 0 aliphatic carbocycles. The summed E-state index contributed by atoms with van der Waals surface area (Å²) in [6.45, 7) is -3.11. The zero-order valence-electron chi connectivity index (χ0n) is 26.4. The van der Waals surface area contributed by atoms with Gasteiger partial charge in [-0.3, -0.25) is 47.3 Å². The van der Waals surface area contributed by atoms with Crippen LogP contribution < -0.4 is 85.5 Å². The van der Waals surface area contributed by atoms with Gasteiger partial charge in [-0.25, -0.2) is 9.29 Å². The number of rotatable bonds is 12. The SMILES string of the molecule is Nc1nc2c(ncn2C2OC(COP(=O)([O-])OP(=O)([O-])OC3OC(CO)C(O)C(O)C3NC(=O)CN3C(=O)C=CC3=O)C(O)C2O)c(=O)[nH]1.[Na+].[Na+]. The molecule has 5 rings (SSSR count). The molecule has 0 saturated carbocycles. The maximum Gasteiger partial charge on any atom is 1.00 e. The minimum Gasteiger partial charge on any atom is -0.756 e. The molecule has 3 aliphatic heterocycles. The van der Waals surface area contributed by atoms with Crippen molar-refractivity contribution in [3.8, 4) is 0 Å². The summed E-state index contributed by atoms with van der Waals surface area (Å²) in [5.74, 6) is -3.25. The molecule has 5 heterocycles. The summed E-state index contributed by atoms with van der Waals surface area (Å²) in [7, 11) is -12.1. The molecule has 25 nitrogen and oxygen atoms in total. The van der Waals surface area contributed by atoms with Gasteiger partial charge in [-0.05, 0) is 0 Å². The molecule has 2 saturated heterocycles. The first kappa shape index (κ1) is 43.9. The Bertz CT molecular complexity index is 1800. The van der Waals surface area contributed by atoms with E-state index in [0.29, 0.717) is 4.90 Å². The average molecular weight is 785 g/mol. The molecule has 51 heavy (non-hydrogen) atoms. The van der Waals surface area contributed by atoms with Crippen molar-refractivity contribution in [2.24, 2.45) is 0 Å². The normalized spacial score (nSPS) is 31.5. The zero-order chi connectivity index (χ0) is 36.0. The number of nitrogens with zero attached hydrogens (tertiary/aromatic N) is 4. The van der Waals surface area contributed by atoms with Gasteiger partial charge in [0.15, 0.2) is 23.7 Å². The first-order valence-electron chi connectivity index (χ1n) is 13.8. The third-order valence-electron chi connectivity index (χ3n) is 7.30. The molecular formula is C22H27N7Na2O18P2. The van der Waals surface area contributed by atoms with E-state index in [0.717, 1.165) is 23.0 Å². The van der Waals surface area contributed by atoms with E-state index in [2.05, 4.69) is 28.3 Å². The molecule has 3 aliphatic rings. The molecule has 2 aromatic heterocycles. The molecule has 29 heteroatoms. The van der Waals surface area contributed by atoms with Crippen LogP contribution in [-0.2, 0) is 46.3 Å². The van der Waals surface area contributed by atoms with Crippen LogP contribution in [0.15, 0.2) is 23.3 Å². The molecule has 3 amide bonds. The van der Waals surface area contributed by atoms with Gasteiger partial charge in [-0.15, -0.1) is 0 Å². The number of carbonyl (C=O) groups excluding carboxylic acids is 3. The van der Waals surface area contributed by atoms with Gasteiger partial charge >= 0.3 is 59.1 Å². The Labute approximate surface area is 328 Å². The van der Waals surface area contributed by atoms with Crippen molar-refractivity contribution < 1.29 is 141 Å². The number of aliphatic hydroxyl groups is 5. The number of fused-ring (bicyclic) bond motifs is 1. The second-order valence-corrected chi connectivity index (χ2v) is 13.5. The molecule has 2 aromatic rings. The molecule has 11 unspecified atom stereocenters. The van der Waals surface area contributed by atoms with Crippen molar-refractivity contribution in [1.82, 2.24) is 29.7 Å². The number of ether oxygens (including phenoxy) is 2. The number of nitrogens with two attached hydrogens (primary N) is 1. The van der Waals surface area contributed by atoms with E-state index in [9.17, 15) is 63.6 Å². The summed E-state index contributed by atoms with van der Waals surface area (Å²) in [4.78, 5) is 83.6. The Kier molecular flexibility index (Phi) is 14.9. The van der Waals surface area contributed by atoms with Gasteiger partial charge in [-0.1, -0.05) is 0 Å². The van der Waals surface area contributed by atoms with Gasteiger partial charge in [0, 0.05) is 12.2 Å². The van der Waals surface area contributed by atoms with Gasteiger partial charge < -0.3 is 60.4 Å². The molecule has 270 valence electrons. The Hall–Kier alpha value is -1.52. The van der Waals surface area contributed by atoms with Crippen molar-refractivity contribution in [2.45, 2.75) is 55.2 Å². The van der Waals surface area contributed by atoms with Gasteiger partial charge in [-0.2, -0.15) is 4.98 Å². The number of carbonyl (C=O) groups is 3. The first-order chi connectivity index (χ1) is 22.9. The van der Waals surface area contributed by atoms with Crippen molar-refractivity contribution in [3.63, 3.8) is 0 Å². The molecular weight excluding hydrogens is 758 g/mol. The number of phosphoric ester groups is 2. The fourth-order valence-electron chi connectivity index (χ4n) is 4.97. The van der Waals surface area contributed by atoms with E-state index in [-0.39, 0.29) is 76.2 Å². The topological polar surface area (TPSA) is 384 Å². The van der Waals surface area contributed by atoms with Crippen molar-refractivity contribution in [2.75, 3.05) is 25.5 Å². The average Bonchev–Trinajstić information content (AvgIpc) is 3.66. The molecule has 9 N–H and O–H groups in total. The number of amides is 3. The van der Waals surface area contributed by atoms with Crippen LogP contribution in [0.25, 0.3) is 11.2 Å². The van der Waals surface area contributed by atoms with Crippen molar-refractivity contribution >= 4 is 50.5 Å². The largest absolute Gasteiger partial charge is 1.00 e. The van der Waals surface area contributed by atoms with Crippen molar-refractivity contribution in [3.05, 3.63) is 28.8 Å². The third kappa shape index (κ3) is 9.78. The summed E-state index contributed by atoms with van der Waals surface area (Å²) >= 11 is 0. The summed E-state index contributed by atoms with van der Waals surface area (Å²) < 4.78 is 49.8. The number of nitrogen functional groups attached to an aromatic ring is 1. The summed E-state index contributed by atoms with van der Waals surface area (Å²) in [6, 6.07) is -2.02. The number of nitrogens with one attached hydrogen (secondary N) is 2. The number of phosphoric acid groups is 2. The van der Waals surface area contributed by atoms with Crippen LogP contribution >= 0.6 is 15.6 Å². The van der Waals surface area contributed by atoms with Gasteiger partial charge in [0.25, 0.3) is 33.0 Å². The summed E-state index contributed by atoms with van der Waals surface area (Å²) in [5, 5.41) is 53.2. The standard InChI is InChI=1S/C22H29N7O18P2.2Na/c23-22-26-18-13(19(38)27-22)24-6-29(18)20-17(37)15(35)8(44-20)5-43-48(39,40)47-49(41,42)46-21-12(16(36)14(34)7(4-30)45-21)25-9(31)3-28-10(32)1-2-11(28)33;;/h1-2,6-8,12,14-17,20-21,30,34-37H,3-5H2,(H,25,31)(H,39,40)(H,41,42)(H3,23,26,27,38);;/q;2*+1/p-2. The van der Waals surface area contributed by atoms with Crippen LogP contribution in [0, 0.1) is 0 Å². The smallest absolute Gasteiger partial charge is 0.756 e. The van der Waals surface area contributed by atoms with Crippen LogP contribution in [-0.4, -0.2) is 136 Å². The predicted octanol–water partition coefficient (Wildman–Crippen LogP) is -12.8. The van der Waals surface area contributed by atoms with Gasteiger partial charge in [0.2, 0.25) is 11.9 Å². The van der Waals surface area contributed by atoms with Crippen LogP contribution in [0.1, 0.15) is 6.23 Å². The first-order valence-corrected chi connectivity index (χ1v) is 16.7. The number of aliphatic hydroxyl groups excluding tert-OH is 5. The van der Waals surface area contributed by atoms with E-state index >= 15 is 0 Å². The monoisotopic (exact) mass is 785 g/mol. The molecule has 0 aromatic carbocycles. The molecule has 2 fully saturated rings. The van der Waals surface area contributed by atoms with Gasteiger partial charge in [0.1, 0.15) is 49.2 Å². The third-order valence-corrected chi connectivity index (χ3v) is 9.83. The second-order valence-electron chi connectivity index (χ2n) is 10.6. The number of hydrogen-bond donors (Lipinski definition) is 8. The molecule has 0 radical (unpaired) electrons. The van der Waals surface area contributed by atoms with E-state index in [1.807, 2.05) is 5.32 Å². The second kappa shape index (κ2) is 17.3. The molecule has 11 atom stereocenters. The zero-order valence-corrected chi connectivity index (χ0v) is 32.1. The Balaban J connectivity index is 0.00000351. The number of imidazole rings is 1. The van der Waals surface area contributed by atoms with Crippen LogP contribution in [0.5, 0.6) is 0 Å². The van der Waals surface area contributed by atoms with Crippen LogP contribution in [0.3, 0.4) is 0 Å².